The molecule has 3 aromatic carbocycles. The molecule has 6 heteroatoms. The lowest BCUT2D eigenvalue weighted by Gasteiger charge is -2.25. The van der Waals surface area contributed by atoms with E-state index in [1.807, 2.05) is 66.7 Å². The molecule has 0 unspecified atom stereocenters. The Morgan fingerprint density at radius 1 is 0.867 bits per heavy atom. The van der Waals surface area contributed by atoms with E-state index in [0.717, 1.165) is 11.1 Å². The van der Waals surface area contributed by atoms with Gasteiger partial charge in [-0.2, -0.15) is 0 Å². The molecule has 30 heavy (non-hydrogen) atoms. The molecule has 1 amide bonds. The van der Waals surface area contributed by atoms with Crippen molar-refractivity contribution in [3.8, 4) is 11.5 Å². The lowest BCUT2D eigenvalue weighted by atomic mass is 9.99. The summed E-state index contributed by atoms with van der Waals surface area (Å²) in [5.41, 5.74) is 1.87. The van der Waals surface area contributed by atoms with Gasteiger partial charge in [0.05, 0.1) is 6.04 Å². The van der Waals surface area contributed by atoms with Crippen LogP contribution in [0.5, 0.6) is 11.5 Å². The highest BCUT2D eigenvalue weighted by atomic mass is 16.6. The van der Waals surface area contributed by atoms with Crippen LogP contribution in [0.2, 0.25) is 0 Å². The molecule has 0 aromatic heterocycles. The quantitative estimate of drug-likeness (QED) is 0.640. The van der Waals surface area contributed by atoms with Crippen LogP contribution >= 0.6 is 0 Å². The van der Waals surface area contributed by atoms with E-state index in [9.17, 15) is 9.59 Å². The van der Waals surface area contributed by atoms with Crippen molar-refractivity contribution in [2.45, 2.75) is 12.1 Å². The second-order valence-electron chi connectivity index (χ2n) is 6.79. The van der Waals surface area contributed by atoms with Crippen molar-refractivity contribution < 1.29 is 23.8 Å². The normalized spacial score (nSPS) is 14.8. The van der Waals surface area contributed by atoms with Crippen molar-refractivity contribution in [2.24, 2.45) is 0 Å². The minimum absolute atomic E-state index is 0.0358. The highest BCUT2D eigenvalue weighted by Crippen LogP contribution is 2.31. The van der Waals surface area contributed by atoms with Crippen molar-refractivity contribution in [1.82, 2.24) is 5.32 Å². The van der Waals surface area contributed by atoms with E-state index in [0.29, 0.717) is 11.5 Å². The molecule has 0 bridgehead atoms. The van der Waals surface area contributed by atoms with E-state index in [1.54, 1.807) is 18.2 Å². The molecule has 0 saturated carbocycles. The van der Waals surface area contributed by atoms with Gasteiger partial charge in [0.2, 0.25) is 6.10 Å². The lowest BCUT2D eigenvalue weighted by Crippen LogP contribution is -2.40. The van der Waals surface area contributed by atoms with Crippen molar-refractivity contribution in [2.75, 3.05) is 13.2 Å². The average molecular weight is 403 g/mol. The van der Waals surface area contributed by atoms with Gasteiger partial charge >= 0.3 is 5.97 Å². The summed E-state index contributed by atoms with van der Waals surface area (Å²) >= 11 is 0. The second kappa shape index (κ2) is 9.13. The molecule has 1 N–H and O–H groups in total. The van der Waals surface area contributed by atoms with Crippen LogP contribution in [-0.2, 0) is 14.3 Å². The summed E-state index contributed by atoms with van der Waals surface area (Å²) in [6, 6.07) is 26.0. The van der Waals surface area contributed by atoms with E-state index in [2.05, 4.69) is 5.32 Å². The molecule has 0 fully saturated rings. The molecule has 1 heterocycles. The zero-order chi connectivity index (χ0) is 20.8. The number of ether oxygens (including phenoxy) is 3. The van der Waals surface area contributed by atoms with Crippen LogP contribution in [0.1, 0.15) is 17.2 Å². The van der Waals surface area contributed by atoms with E-state index >= 15 is 0 Å². The van der Waals surface area contributed by atoms with Crippen LogP contribution < -0.4 is 14.8 Å². The SMILES string of the molecule is O=C(COC(=O)[C@H]1COc2ccccc2O1)NC(c1ccccc1)c1ccccc1. The maximum absolute atomic E-state index is 12.5. The Hall–Kier alpha value is -3.80. The number of benzene rings is 3. The number of rotatable bonds is 6. The molecular formula is C24H21NO5. The predicted octanol–water partition coefficient (Wildman–Crippen LogP) is 3.28. The molecule has 1 aliphatic heterocycles. The van der Waals surface area contributed by atoms with E-state index in [4.69, 9.17) is 14.2 Å². The largest absolute Gasteiger partial charge is 0.485 e. The van der Waals surface area contributed by atoms with E-state index in [-0.39, 0.29) is 12.6 Å². The maximum atomic E-state index is 12.5. The number of carbonyl (C=O) groups is 2. The Kier molecular flexibility index (Phi) is 5.94. The Labute approximate surface area is 174 Å². The first-order valence-corrected chi connectivity index (χ1v) is 9.65. The van der Waals surface area contributed by atoms with Gasteiger partial charge in [-0.3, -0.25) is 4.79 Å². The number of hydrogen-bond acceptors (Lipinski definition) is 5. The number of para-hydroxylation sites is 2. The van der Waals surface area contributed by atoms with Gasteiger partial charge in [-0.15, -0.1) is 0 Å². The number of amides is 1. The Bertz CT molecular complexity index is 967. The monoisotopic (exact) mass is 403 g/mol. The zero-order valence-corrected chi connectivity index (χ0v) is 16.2. The summed E-state index contributed by atoms with van der Waals surface area (Å²) in [5, 5.41) is 2.94. The second-order valence-corrected chi connectivity index (χ2v) is 6.79. The highest BCUT2D eigenvalue weighted by molar-refractivity contribution is 5.83. The first-order chi connectivity index (χ1) is 14.7. The minimum atomic E-state index is -0.910. The zero-order valence-electron chi connectivity index (χ0n) is 16.2. The topological polar surface area (TPSA) is 73.9 Å². The van der Waals surface area contributed by atoms with Gasteiger partial charge in [0, 0.05) is 0 Å². The van der Waals surface area contributed by atoms with Gasteiger partial charge in [0.1, 0.15) is 6.61 Å². The highest BCUT2D eigenvalue weighted by Gasteiger charge is 2.29. The Morgan fingerprint density at radius 2 is 1.43 bits per heavy atom. The van der Waals surface area contributed by atoms with Gasteiger partial charge in [-0.25, -0.2) is 4.79 Å². The van der Waals surface area contributed by atoms with E-state index < -0.39 is 24.6 Å². The molecule has 6 nitrogen and oxygen atoms in total. The third-order valence-corrected chi connectivity index (χ3v) is 4.69. The summed E-state index contributed by atoms with van der Waals surface area (Å²) in [6.45, 7) is -0.370. The minimum Gasteiger partial charge on any atom is -0.485 e. The number of esters is 1. The van der Waals surface area contributed by atoms with Crippen LogP contribution in [0, 0.1) is 0 Å². The standard InChI is InChI=1S/C24H21NO5/c26-22(16-29-24(27)21-15-28-19-13-7-8-14-20(19)30-21)25-23(17-9-3-1-4-10-17)18-11-5-2-6-12-18/h1-14,21,23H,15-16H2,(H,25,26)/t21-/m1/s1. The van der Waals surface area contributed by atoms with Gasteiger partial charge in [-0.1, -0.05) is 72.8 Å². The summed E-state index contributed by atoms with van der Waals surface area (Å²) in [5.74, 6) is 0.00466. The van der Waals surface area contributed by atoms with Crippen LogP contribution in [0.4, 0.5) is 0 Å². The lowest BCUT2D eigenvalue weighted by molar-refractivity contribution is -0.157. The average Bonchev–Trinajstić information content (AvgIpc) is 2.81. The number of hydrogen-bond donors (Lipinski definition) is 1. The number of nitrogens with one attached hydrogen (secondary N) is 1. The summed E-state index contributed by atoms with van der Waals surface area (Å²) in [4.78, 5) is 24.9. The molecule has 4 rings (SSSR count). The first-order valence-electron chi connectivity index (χ1n) is 9.65. The molecular weight excluding hydrogens is 382 g/mol. The van der Waals surface area contributed by atoms with Crippen LogP contribution in [0.3, 0.4) is 0 Å². The third kappa shape index (κ3) is 4.60. The third-order valence-electron chi connectivity index (χ3n) is 4.69. The fourth-order valence-corrected chi connectivity index (χ4v) is 3.22. The molecule has 1 atom stereocenters. The fraction of sp³-hybridized carbons (Fsp3) is 0.167. The summed E-state index contributed by atoms with van der Waals surface area (Å²) < 4.78 is 16.3. The molecule has 3 aromatic rings. The summed E-state index contributed by atoms with van der Waals surface area (Å²) in [7, 11) is 0. The van der Waals surface area contributed by atoms with Crippen molar-refractivity contribution >= 4 is 11.9 Å². The van der Waals surface area contributed by atoms with Crippen LogP contribution in [-0.4, -0.2) is 31.2 Å². The van der Waals surface area contributed by atoms with Crippen molar-refractivity contribution in [3.05, 3.63) is 96.1 Å². The molecule has 0 saturated heterocycles. The molecule has 1 aliphatic rings. The predicted molar refractivity (Wildman–Crippen MR) is 110 cm³/mol. The smallest absolute Gasteiger partial charge is 0.351 e. The molecule has 0 aliphatic carbocycles. The van der Waals surface area contributed by atoms with Gasteiger partial charge < -0.3 is 19.5 Å². The van der Waals surface area contributed by atoms with Crippen LogP contribution in [0.15, 0.2) is 84.9 Å². The Morgan fingerprint density at radius 3 is 2.07 bits per heavy atom. The van der Waals surface area contributed by atoms with E-state index in [1.165, 1.54) is 0 Å². The fourth-order valence-electron chi connectivity index (χ4n) is 3.22. The van der Waals surface area contributed by atoms with Crippen molar-refractivity contribution in [3.63, 3.8) is 0 Å². The van der Waals surface area contributed by atoms with Gasteiger partial charge in [-0.05, 0) is 23.3 Å². The van der Waals surface area contributed by atoms with Crippen LogP contribution in [0.25, 0.3) is 0 Å². The first kappa shape index (κ1) is 19.5. The van der Waals surface area contributed by atoms with Gasteiger partial charge in [0.25, 0.3) is 5.91 Å². The summed E-state index contributed by atoms with van der Waals surface area (Å²) in [6.07, 6.45) is -0.910. The molecule has 152 valence electrons. The molecule has 0 spiro atoms. The maximum Gasteiger partial charge on any atom is 0.351 e. The molecule has 0 radical (unpaired) electrons. The number of carbonyl (C=O) groups excluding carboxylic acids is 2. The van der Waals surface area contributed by atoms with Crippen molar-refractivity contribution in [1.29, 1.82) is 0 Å². The van der Waals surface area contributed by atoms with Gasteiger partial charge in [0.15, 0.2) is 18.1 Å². The Balaban J connectivity index is 1.37. The number of fused-ring (bicyclic) bond motifs is 1.